The fourth-order valence-electron chi connectivity index (χ4n) is 4.97. The Bertz CT molecular complexity index is 792. The van der Waals surface area contributed by atoms with Gasteiger partial charge < -0.3 is 14.4 Å². The van der Waals surface area contributed by atoms with Crippen molar-refractivity contribution in [3.63, 3.8) is 0 Å². The zero-order valence-corrected chi connectivity index (χ0v) is 18.0. The molecule has 2 aliphatic heterocycles. The fraction of sp³-hybridized carbons (Fsp3) is 0.667. The lowest BCUT2D eigenvalue weighted by molar-refractivity contribution is 0.0648. The number of piperidine rings is 1. The summed E-state index contributed by atoms with van der Waals surface area (Å²) < 4.78 is 2.21. The van der Waals surface area contributed by atoms with E-state index < -0.39 is 0 Å². The van der Waals surface area contributed by atoms with Crippen LogP contribution in [-0.4, -0.2) is 62.7 Å². The van der Waals surface area contributed by atoms with Crippen LogP contribution in [0.2, 0.25) is 0 Å². The standard InChI is InChI=1S/C21H31N5OS/c1-4-9-25-15-22-23-19(25)17-13-26(20(27)18-6-5-12-28-18)14-21(17)7-10-24(11-8-21)16(2)3/h5-6,12,15-17H,4,7-11,13-14H2,1-3H3. The summed E-state index contributed by atoms with van der Waals surface area (Å²) in [4.78, 5) is 18.6. The van der Waals surface area contributed by atoms with E-state index in [4.69, 9.17) is 0 Å². The second kappa shape index (κ2) is 7.95. The van der Waals surface area contributed by atoms with Crippen molar-refractivity contribution in [1.82, 2.24) is 24.6 Å². The smallest absolute Gasteiger partial charge is 0.263 e. The molecule has 6 nitrogen and oxygen atoms in total. The maximum atomic E-state index is 13.1. The average molecular weight is 402 g/mol. The molecule has 1 amide bonds. The van der Waals surface area contributed by atoms with Crippen molar-refractivity contribution in [2.75, 3.05) is 26.2 Å². The third-order valence-corrected chi connectivity index (χ3v) is 7.47. The minimum absolute atomic E-state index is 0.108. The van der Waals surface area contributed by atoms with E-state index in [0.717, 1.165) is 62.7 Å². The van der Waals surface area contributed by atoms with Crippen LogP contribution in [0.15, 0.2) is 23.8 Å². The summed E-state index contributed by atoms with van der Waals surface area (Å²) in [5, 5.41) is 10.8. The van der Waals surface area contributed by atoms with Gasteiger partial charge in [-0.2, -0.15) is 0 Å². The predicted octanol–water partition coefficient (Wildman–Crippen LogP) is 3.48. The summed E-state index contributed by atoms with van der Waals surface area (Å²) in [5.41, 5.74) is 0.108. The van der Waals surface area contributed by atoms with E-state index >= 15 is 0 Å². The van der Waals surface area contributed by atoms with Gasteiger partial charge in [-0.25, -0.2) is 0 Å². The van der Waals surface area contributed by atoms with E-state index in [-0.39, 0.29) is 17.2 Å². The van der Waals surface area contributed by atoms with Crippen molar-refractivity contribution < 1.29 is 4.79 Å². The molecular formula is C21H31N5OS. The van der Waals surface area contributed by atoms with Gasteiger partial charge in [-0.05, 0) is 57.6 Å². The molecule has 0 saturated carbocycles. The lowest BCUT2D eigenvalue weighted by atomic mass is 9.70. The van der Waals surface area contributed by atoms with E-state index in [1.807, 2.05) is 23.8 Å². The highest BCUT2D eigenvalue weighted by Gasteiger charge is 2.51. The molecule has 2 aliphatic rings. The van der Waals surface area contributed by atoms with Crippen molar-refractivity contribution in [2.24, 2.45) is 5.41 Å². The molecule has 28 heavy (non-hydrogen) atoms. The highest BCUT2D eigenvalue weighted by molar-refractivity contribution is 7.12. The highest BCUT2D eigenvalue weighted by atomic mass is 32.1. The molecule has 0 aromatic carbocycles. The molecular weight excluding hydrogens is 370 g/mol. The van der Waals surface area contributed by atoms with E-state index in [9.17, 15) is 4.79 Å². The number of likely N-dealkylation sites (tertiary alicyclic amines) is 2. The third kappa shape index (κ3) is 3.50. The fourth-order valence-corrected chi connectivity index (χ4v) is 5.67. The van der Waals surface area contributed by atoms with Gasteiger partial charge in [-0.3, -0.25) is 4.79 Å². The van der Waals surface area contributed by atoms with Crippen LogP contribution in [-0.2, 0) is 6.54 Å². The summed E-state index contributed by atoms with van der Waals surface area (Å²) in [6.07, 6.45) is 5.15. The van der Waals surface area contributed by atoms with Crippen molar-refractivity contribution >= 4 is 17.2 Å². The lowest BCUT2D eigenvalue weighted by Gasteiger charge is -2.43. The SMILES string of the molecule is CCCn1cnnc1C1CN(C(=O)c2cccs2)CC12CCN(C(C)C)CC2. The molecule has 2 aromatic rings. The average Bonchev–Trinajstić information content (AvgIpc) is 3.42. The molecule has 4 heterocycles. The summed E-state index contributed by atoms with van der Waals surface area (Å²) in [5.74, 6) is 1.51. The first-order valence-electron chi connectivity index (χ1n) is 10.5. The first-order valence-corrected chi connectivity index (χ1v) is 11.4. The third-order valence-electron chi connectivity index (χ3n) is 6.61. The monoisotopic (exact) mass is 401 g/mol. The number of rotatable bonds is 5. The zero-order valence-electron chi connectivity index (χ0n) is 17.2. The van der Waals surface area contributed by atoms with Crippen LogP contribution < -0.4 is 0 Å². The van der Waals surface area contributed by atoms with Gasteiger partial charge in [0.15, 0.2) is 0 Å². The Morgan fingerprint density at radius 2 is 2.14 bits per heavy atom. The molecule has 0 radical (unpaired) electrons. The highest BCUT2D eigenvalue weighted by Crippen LogP contribution is 2.50. The predicted molar refractivity (Wildman–Crippen MR) is 112 cm³/mol. The number of thiophene rings is 1. The Morgan fingerprint density at radius 1 is 1.36 bits per heavy atom. The molecule has 7 heteroatoms. The second-order valence-corrected chi connectivity index (χ2v) is 9.54. The molecule has 152 valence electrons. The molecule has 2 fully saturated rings. The lowest BCUT2D eigenvalue weighted by Crippen LogP contribution is -2.46. The first-order chi connectivity index (χ1) is 13.5. The molecule has 4 rings (SSSR count). The normalized spacial score (nSPS) is 22.4. The number of aromatic nitrogens is 3. The van der Waals surface area contributed by atoms with Crippen molar-refractivity contribution in [1.29, 1.82) is 0 Å². The van der Waals surface area contributed by atoms with Crippen LogP contribution in [0.4, 0.5) is 0 Å². The Balaban J connectivity index is 1.63. The van der Waals surface area contributed by atoms with E-state index in [0.29, 0.717) is 6.04 Å². The minimum atomic E-state index is 0.108. The van der Waals surface area contributed by atoms with E-state index in [2.05, 4.69) is 45.3 Å². The van der Waals surface area contributed by atoms with Gasteiger partial charge in [-0.1, -0.05) is 13.0 Å². The van der Waals surface area contributed by atoms with Crippen LogP contribution >= 0.6 is 11.3 Å². The Kier molecular flexibility index (Phi) is 5.56. The van der Waals surface area contributed by atoms with Gasteiger partial charge in [0.25, 0.3) is 5.91 Å². The van der Waals surface area contributed by atoms with Crippen LogP contribution in [0.3, 0.4) is 0 Å². The second-order valence-electron chi connectivity index (χ2n) is 8.59. The largest absolute Gasteiger partial charge is 0.337 e. The van der Waals surface area contributed by atoms with Gasteiger partial charge in [0.05, 0.1) is 4.88 Å². The Labute approximate surface area is 171 Å². The maximum Gasteiger partial charge on any atom is 0.263 e. The number of carbonyl (C=O) groups is 1. The quantitative estimate of drug-likeness (QED) is 0.770. The Hall–Kier alpha value is -1.73. The van der Waals surface area contributed by atoms with E-state index in [1.54, 1.807) is 0 Å². The number of carbonyl (C=O) groups excluding carboxylic acids is 1. The van der Waals surface area contributed by atoms with Crippen molar-refractivity contribution in [3.8, 4) is 0 Å². The molecule has 0 N–H and O–H groups in total. The number of aryl methyl sites for hydroxylation is 1. The summed E-state index contributed by atoms with van der Waals surface area (Å²) >= 11 is 1.53. The van der Waals surface area contributed by atoms with Gasteiger partial charge >= 0.3 is 0 Å². The molecule has 1 atom stereocenters. The maximum absolute atomic E-state index is 13.1. The molecule has 2 aromatic heterocycles. The van der Waals surface area contributed by atoms with Crippen LogP contribution in [0.25, 0.3) is 0 Å². The Morgan fingerprint density at radius 3 is 2.79 bits per heavy atom. The topological polar surface area (TPSA) is 54.3 Å². The molecule has 0 bridgehead atoms. The molecule has 2 saturated heterocycles. The summed E-state index contributed by atoms with van der Waals surface area (Å²) in [7, 11) is 0. The number of amides is 1. The zero-order chi connectivity index (χ0) is 19.7. The van der Waals surface area contributed by atoms with Crippen LogP contribution in [0.5, 0.6) is 0 Å². The number of nitrogens with zero attached hydrogens (tertiary/aromatic N) is 5. The van der Waals surface area contributed by atoms with Crippen molar-refractivity contribution in [2.45, 2.75) is 58.5 Å². The summed E-state index contributed by atoms with van der Waals surface area (Å²) in [6.45, 7) is 11.4. The van der Waals surface area contributed by atoms with Gasteiger partial charge in [0.2, 0.25) is 0 Å². The number of hydrogen-bond donors (Lipinski definition) is 0. The molecule has 1 spiro atoms. The molecule has 1 unspecified atom stereocenters. The van der Waals surface area contributed by atoms with Crippen molar-refractivity contribution in [3.05, 3.63) is 34.5 Å². The molecule has 0 aliphatic carbocycles. The van der Waals surface area contributed by atoms with Gasteiger partial charge in [0.1, 0.15) is 12.2 Å². The summed E-state index contributed by atoms with van der Waals surface area (Å²) in [6, 6.07) is 4.47. The van der Waals surface area contributed by atoms with Crippen LogP contribution in [0.1, 0.15) is 61.4 Å². The van der Waals surface area contributed by atoms with E-state index in [1.165, 1.54) is 11.3 Å². The number of hydrogen-bond acceptors (Lipinski definition) is 5. The first kappa shape index (κ1) is 19.6. The minimum Gasteiger partial charge on any atom is -0.337 e. The van der Waals surface area contributed by atoms with Gasteiger partial charge in [0, 0.05) is 37.0 Å². The van der Waals surface area contributed by atoms with Gasteiger partial charge in [-0.15, -0.1) is 21.5 Å². The van der Waals surface area contributed by atoms with Crippen LogP contribution in [0, 0.1) is 5.41 Å².